The van der Waals surface area contributed by atoms with Crippen LogP contribution in [0.25, 0.3) is 0 Å². The van der Waals surface area contributed by atoms with Crippen molar-refractivity contribution in [1.29, 1.82) is 0 Å². The highest BCUT2D eigenvalue weighted by Crippen LogP contribution is 2.36. The summed E-state index contributed by atoms with van der Waals surface area (Å²) in [6, 6.07) is 4.40. The van der Waals surface area contributed by atoms with Crippen LogP contribution in [0.4, 0.5) is 4.79 Å². The van der Waals surface area contributed by atoms with Gasteiger partial charge >= 0.3 is 6.09 Å². The SMILES string of the molecule is CCCC(NC(=O)C1CC(C)(C)CN1C(=O)C(NC(=O)OC(C)C)C(C)(C)C)C(=O)C(=O)NCC(=O)NC(C(=O)N(C)C)c1ccccc1. The molecule has 1 aliphatic heterocycles. The molecule has 1 saturated heterocycles. The van der Waals surface area contributed by atoms with Crippen molar-refractivity contribution < 1.29 is 38.3 Å². The van der Waals surface area contributed by atoms with Gasteiger partial charge in [0.15, 0.2) is 0 Å². The number of carbonyl (C=O) groups excluding carboxylic acids is 7. The number of Topliss-reactive ketones (excluding diaryl/α,β-unsaturated/α-hetero) is 1. The van der Waals surface area contributed by atoms with E-state index in [1.165, 1.54) is 9.80 Å². The third kappa shape index (κ3) is 11.9. The Morgan fingerprint density at radius 1 is 0.980 bits per heavy atom. The Kier molecular flexibility index (Phi) is 14.3. The summed E-state index contributed by atoms with van der Waals surface area (Å²) in [7, 11) is 3.11. The topological polar surface area (TPSA) is 183 Å². The molecular weight excluding hydrogens is 632 g/mol. The standard InChI is InChI=1S/C35H54N6O8/c1-11-15-23(27(43)30(45)36-19-25(42)38-26(31(46)40(9)10)22-16-13-12-14-17-22)37-29(44)24-18-35(7,8)20-41(24)32(47)28(34(4,5)6)39-33(48)49-21(2)3/h12-14,16-17,21,23-24,26,28H,11,15,18-20H2,1-10H3,(H,36,45)(H,37,44)(H,38,42)(H,39,48). The van der Waals surface area contributed by atoms with Crippen molar-refractivity contribution in [3.8, 4) is 0 Å². The van der Waals surface area contributed by atoms with Gasteiger partial charge in [-0.05, 0) is 43.1 Å². The third-order valence-corrected chi connectivity index (χ3v) is 7.99. The maximum Gasteiger partial charge on any atom is 0.408 e. The highest BCUT2D eigenvalue weighted by Gasteiger charge is 2.48. The fourth-order valence-electron chi connectivity index (χ4n) is 5.55. The number of benzene rings is 1. The van der Waals surface area contributed by atoms with Crippen LogP contribution in [-0.2, 0) is 33.5 Å². The van der Waals surface area contributed by atoms with E-state index in [2.05, 4.69) is 21.3 Å². The number of alkyl carbamates (subject to hydrolysis) is 1. The molecule has 0 aromatic heterocycles. The predicted molar refractivity (Wildman–Crippen MR) is 183 cm³/mol. The van der Waals surface area contributed by atoms with Crippen LogP contribution in [0.2, 0.25) is 0 Å². The van der Waals surface area contributed by atoms with Gasteiger partial charge in [0.05, 0.1) is 18.7 Å². The van der Waals surface area contributed by atoms with Crippen LogP contribution in [0.1, 0.15) is 86.3 Å². The third-order valence-electron chi connectivity index (χ3n) is 7.99. The fraction of sp³-hybridized carbons (Fsp3) is 0.629. The average Bonchev–Trinajstić information content (AvgIpc) is 3.34. The smallest absolute Gasteiger partial charge is 0.408 e. The average molecular weight is 687 g/mol. The van der Waals surface area contributed by atoms with Gasteiger partial charge in [0.2, 0.25) is 29.4 Å². The fourth-order valence-corrected chi connectivity index (χ4v) is 5.55. The van der Waals surface area contributed by atoms with Gasteiger partial charge in [0.1, 0.15) is 18.1 Å². The van der Waals surface area contributed by atoms with Gasteiger partial charge in [-0.15, -0.1) is 0 Å². The number of carbonyl (C=O) groups is 7. The normalized spacial score (nSPS) is 17.3. The summed E-state index contributed by atoms with van der Waals surface area (Å²) >= 11 is 0. The molecule has 14 nitrogen and oxygen atoms in total. The molecule has 49 heavy (non-hydrogen) atoms. The van der Waals surface area contributed by atoms with Crippen molar-refractivity contribution in [2.75, 3.05) is 27.2 Å². The Labute approximate surface area is 289 Å². The molecule has 1 heterocycles. The van der Waals surface area contributed by atoms with E-state index in [9.17, 15) is 33.6 Å². The van der Waals surface area contributed by atoms with Crippen molar-refractivity contribution in [3.63, 3.8) is 0 Å². The van der Waals surface area contributed by atoms with E-state index in [1.54, 1.807) is 86.0 Å². The summed E-state index contributed by atoms with van der Waals surface area (Å²) in [6.45, 7) is 14.0. The molecule has 4 unspecified atom stereocenters. The van der Waals surface area contributed by atoms with Crippen LogP contribution < -0.4 is 21.3 Å². The summed E-state index contributed by atoms with van der Waals surface area (Å²) in [4.78, 5) is 94.7. The first-order chi connectivity index (χ1) is 22.7. The summed E-state index contributed by atoms with van der Waals surface area (Å²) in [5.41, 5.74) is -0.642. The quantitative estimate of drug-likeness (QED) is 0.215. The van der Waals surface area contributed by atoms with Gasteiger partial charge in [-0.1, -0.05) is 78.3 Å². The zero-order valence-corrected chi connectivity index (χ0v) is 30.5. The number of rotatable bonds is 14. The minimum atomic E-state index is -1.22. The minimum Gasteiger partial charge on any atom is -0.447 e. The van der Waals surface area contributed by atoms with E-state index >= 15 is 0 Å². The predicted octanol–water partition coefficient (Wildman–Crippen LogP) is 2.08. The zero-order chi connectivity index (χ0) is 37.3. The maximum absolute atomic E-state index is 13.9. The van der Waals surface area contributed by atoms with Crippen molar-refractivity contribution in [3.05, 3.63) is 35.9 Å². The zero-order valence-electron chi connectivity index (χ0n) is 30.5. The van der Waals surface area contributed by atoms with Gasteiger partial charge in [0.25, 0.3) is 5.91 Å². The second-order valence-corrected chi connectivity index (χ2v) is 14.8. The molecule has 272 valence electrons. The molecule has 14 heteroatoms. The molecule has 0 saturated carbocycles. The first kappa shape index (κ1) is 40.7. The van der Waals surface area contributed by atoms with Gasteiger partial charge < -0.3 is 35.8 Å². The lowest BCUT2D eigenvalue weighted by Gasteiger charge is -2.35. The van der Waals surface area contributed by atoms with E-state index in [-0.39, 0.29) is 25.3 Å². The lowest BCUT2D eigenvalue weighted by atomic mass is 9.85. The van der Waals surface area contributed by atoms with Crippen LogP contribution in [0.5, 0.6) is 0 Å². The number of hydrogen-bond donors (Lipinski definition) is 4. The number of nitrogens with zero attached hydrogens (tertiary/aromatic N) is 2. The monoisotopic (exact) mass is 686 g/mol. The molecule has 2 rings (SSSR count). The van der Waals surface area contributed by atoms with Crippen molar-refractivity contribution in [2.45, 2.75) is 105 Å². The Hall–Kier alpha value is -4.49. The van der Waals surface area contributed by atoms with Crippen LogP contribution >= 0.6 is 0 Å². The van der Waals surface area contributed by atoms with Gasteiger partial charge in [-0.3, -0.25) is 28.8 Å². The molecule has 4 atom stereocenters. The van der Waals surface area contributed by atoms with Gasteiger partial charge in [-0.25, -0.2) is 4.79 Å². The Morgan fingerprint density at radius 3 is 2.12 bits per heavy atom. The molecule has 6 amide bonds. The Balaban J connectivity index is 2.17. The molecule has 1 aromatic carbocycles. The number of likely N-dealkylation sites (N-methyl/N-ethyl adjacent to an activating group) is 1. The highest BCUT2D eigenvalue weighted by atomic mass is 16.6. The molecule has 1 aromatic rings. The van der Waals surface area contributed by atoms with Crippen LogP contribution in [-0.4, -0.2) is 103 Å². The van der Waals surface area contributed by atoms with Crippen molar-refractivity contribution in [1.82, 2.24) is 31.1 Å². The van der Waals surface area contributed by atoms with E-state index in [0.29, 0.717) is 12.0 Å². The first-order valence-corrected chi connectivity index (χ1v) is 16.6. The molecule has 4 N–H and O–H groups in total. The van der Waals surface area contributed by atoms with E-state index in [1.807, 2.05) is 13.8 Å². The van der Waals surface area contributed by atoms with E-state index in [4.69, 9.17) is 4.74 Å². The molecule has 0 radical (unpaired) electrons. The first-order valence-electron chi connectivity index (χ1n) is 16.6. The van der Waals surface area contributed by atoms with E-state index in [0.717, 1.165) is 0 Å². The molecule has 0 aliphatic carbocycles. The molecule has 1 fully saturated rings. The number of nitrogens with one attached hydrogen (secondary N) is 4. The molecule has 1 aliphatic rings. The molecule has 0 spiro atoms. The number of ketones is 1. The Morgan fingerprint density at radius 2 is 1.59 bits per heavy atom. The number of likely N-dealkylation sites (tertiary alicyclic amines) is 1. The summed E-state index contributed by atoms with van der Waals surface area (Å²) in [5.74, 6) is -4.18. The van der Waals surface area contributed by atoms with Crippen molar-refractivity contribution >= 4 is 41.4 Å². The maximum atomic E-state index is 13.9. The van der Waals surface area contributed by atoms with Crippen LogP contribution in [0.15, 0.2) is 30.3 Å². The lowest BCUT2D eigenvalue weighted by Crippen LogP contribution is -2.59. The number of ether oxygens (including phenoxy) is 1. The summed E-state index contributed by atoms with van der Waals surface area (Å²) < 4.78 is 5.21. The van der Waals surface area contributed by atoms with Crippen LogP contribution in [0.3, 0.4) is 0 Å². The highest BCUT2D eigenvalue weighted by molar-refractivity contribution is 6.38. The van der Waals surface area contributed by atoms with E-state index < -0.39 is 83.2 Å². The number of amides is 6. The van der Waals surface area contributed by atoms with Crippen molar-refractivity contribution in [2.24, 2.45) is 10.8 Å². The molecular formula is C35H54N6O8. The Bertz CT molecular complexity index is 1370. The summed E-state index contributed by atoms with van der Waals surface area (Å²) in [5, 5.41) is 10.2. The largest absolute Gasteiger partial charge is 0.447 e. The molecule has 0 bridgehead atoms. The van der Waals surface area contributed by atoms with Gasteiger partial charge in [-0.2, -0.15) is 0 Å². The second kappa shape index (κ2) is 17.3. The minimum absolute atomic E-state index is 0.134. The van der Waals surface area contributed by atoms with Crippen LogP contribution in [0, 0.1) is 10.8 Å². The summed E-state index contributed by atoms with van der Waals surface area (Å²) in [6.07, 6.45) is -0.294. The van der Waals surface area contributed by atoms with Gasteiger partial charge in [0, 0.05) is 20.6 Å². The lowest BCUT2D eigenvalue weighted by molar-refractivity contribution is -0.144. The second-order valence-electron chi connectivity index (χ2n) is 14.8. The number of hydrogen-bond acceptors (Lipinski definition) is 8.